The molecule has 24 heavy (non-hydrogen) atoms. The van der Waals surface area contributed by atoms with Crippen LogP contribution in [0.5, 0.6) is 5.75 Å². The highest BCUT2D eigenvalue weighted by molar-refractivity contribution is 6.02. The summed E-state index contributed by atoms with van der Waals surface area (Å²) < 4.78 is 10.7. The molecule has 1 amide bonds. The molecule has 0 heterocycles. The molecule has 0 aliphatic rings. The third-order valence-corrected chi connectivity index (χ3v) is 3.37. The molecule has 0 saturated carbocycles. The van der Waals surface area contributed by atoms with Gasteiger partial charge in [-0.1, -0.05) is 37.3 Å². The fourth-order valence-corrected chi connectivity index (χ4v) is 2.18. The first-order valence-electron chi connectivity index (χ1n) is 7.94. The topological polar surface area (TPSA) is 64.6 Å². The maximum Gasteiger partial charge on any atom is 0.340 e. The van der Waals surface area contributed by atoms with Crippen molar-refractivity contribution in [2.45, 2.75) is 26.4 Å². The standard InChI is InChI=1S/C19H21NO4/c1-3-17(24-14-10-6-5-7-11-14)18(21)20-16-13-9-8-12-15(16)19(22)23-4-2/h5-13,17H,3-4H2,1-2H3,(H,20,21)/t17-/m0/s1. The Hall–Kier alpha value is -2.82. The molecule has 0 spiro atoms. The Morgan fingerprint density at radius 1 is 1.00 bits per heavy atom. The Labute approximate surface area is 141 Å². The monoisotopic (exact) mass is 327 g/mol. The smallest absolute Gasteiger partial charge is 0.340 e. The average Bonchev–Trinajstić information content (AvgIpc) is 2.61. The van der Waals surface area contributed by atoms with E-state index in [4.69, 9.17) is 9.47 Å². The number of rotatable bonds is 7. The van der Waals surface area contributed by atoms with Gasteiger partial charge in [0, 0.05) is 0 Å². The van der Waals surface area contributed by atoms with Gasteiger partial charge >= 0.3 is 5.97 Å². The molecule has 1 N–H and O–H groups in total. The third-order valence-electron chi connectivity index (χ3n) is 3.37. The molecule has 2 aromatic carbocycles. The van der Waals surface area contributed by atoms with E-state index in [9.17, 15) is 9.59 Å². The lowest BCUT2D eigenvalue weighted by atomic mass is 10.1. The first kappa shape index (κ1) is 17.5. The van der Waals surface area contributed by atoms with Gasteiger partial charge in [-0.05, 0) is 37.6 Å². The van der Waals surface area contributed by atoms with E-state index in [0.717, 1.165) is 0 Å². The Morgan fingerprint density at radius 3 is 2.33 bits per heavy atom. The summed E-state index contributed by atoms with van der Waals surface area (Å²) in [6.45, 7) is 3.88. The molecule has 0 bridgehead atoms. The van der Waals surface area contributed by atoms with Crippen molar-refractivity contribution in [2.75, 3.05) is 11.9 Å². The van der Waals surface area contributed by atoms with Crippen LogP contribution in [-0.2, 0) is 9.53 Å². The highest BCUT2D eigenvalue weighted by Crippen LogP contribution is 2.18. The van der Waals surface area contributed by atoms with E-state index in [1.54, 1.807) is 43.3 Å². The SMILES string of the molecule is CCOC(=O)c1ccccc1NC(=O)[C@H](CC)Oc1ccccc1. The predicted octanol–water partition coefficient (Wildman–Crippen LogP) is 3.66. The van der Waals surface area contributed by atoms with Gasteiger partial charge in [0.1, 0.15) is 5.75 Å². The molecule has 126 valence electrons. The summed E-state index contributed by atoms with van der Waals surface area (Å²) in [6, 6.07) is 15.9. The average molecular weight is 327 g/mol. The highest BCUT2D eigenvalue weighted by atomic mass is 16.5. The van der Waals surface area contributed by atoms with Crippen LogP contribution in [0.15, 0.2) is 54.6 Å². The lowest BCUT2D eigenvalue weighted by Gasteiger charge is -2.18. The van der Waals surface area contributed by atoms with Gasteiger partial charge in [0.2, 0.25) is 0 Å². The van der Waals surface area contributed by atoms with E-state index in [-0.39, 0.29) is 12.5 Å². The van der Waals surface area contributed by atoms with Gasteiger partial charge in [0.15, 0.2) is 6.10 Å². The number of carbonyl (C=O) groups is 2. The van der Waals surface area contributed by atoms with Crippen LogP contribution < -0.4 is 10.1 Å². The molecular formula is C19H21NO4. The zero-order valence-electron chi connectivity index (χ0n) is 13.8. The van der Waals surface area contributed by atoms with Crippen LogP contribution in [0.3, 0.4) is 0 Å². The van der Waals surface area contributed by atoms with Crippen LogP contribution in [0.25, 0.3) is 0 Å². The van der Waals surface area contributed by atoms with E-state index >= 15 is 0 Å². The van der Waals surface area contributed by atoms with Gasteiger partial charge in [-0.3, -0.25) is 4.79 Å². The second kappa shape index (κ2) is 8.72. The summed E-state index contributed by atoms with van der Waals surface area (Å²) >= 11 is 0. The minimum absolute atomic E-state index is 0.274. The molecular weight excluding hydrogens is 306 g/mol. The van der Waals surface area contributed by atoms with Crippen LogP contribution in [0.4, 0.5) is 5.69 Å². The Bertz CT molecular complexity index is 685. The lowest BCUT2D eigenvalue weighted by Crippen LogP contribution is -2.33. The van der Waals surface area contributed by atoms with Crippen LogP contribution in [0, 0.1) is 0 Å². The Kier molecular flexibility index (Phi) is 6.37. The van der Waals surface area contributed by atoms with E-state index in [1.807, 2.05) is 25.1 Å². The van der Waals surface area contributed by atoms with Crippen molar-refractivity contribution < 1.29 is 19.1 Å². The number of carbonyl (C=O) groups excluding carboxylic acids is 2. The number of ether oxygens (including phenoxy) is 2. The summed E-state index contributed by atoms with van der Waals surface area (Å²) in [4.78, 5) is 24.5. The number of esters is 1. The maximum atomic E-state index is 12.5. The zero-order valence-corrected chi connectivity index (χ0v) is 13.8. The van der Waals surface area contributed by atoms with Crippen molar-refractivity contribution >= 4 is 17.6 Å². The summed E-state index contributed by atoms with van der Waals surface area (Å²) in [6.07, 6.45) is -0.148. The van der Waals surface area contributed by atoms with Crippen molar-refractivity contribution in [2.24, 2.45) is 0 Å². The van der Waals surface area contributed by atoms with Crippen molar-refractivity contribution in [3.8, 4) is 5.75 Å². The van der Waals surface area contributed by atoms with Gasteiger partial charge in [0.25, 0.3) is 5.91 Å². The van der Waals surface area contributed by atoms with Gasteiger partial charge in [-0.25, -0.2) is 4.79 Å². The minimum atomic E-state index is -0.650. The molecule has 0 unspecified atom stereocenters. The molecule has 0 aromatic heterocycles. The molecule has 0 aliphatic carbocycles. The number of benzene rings is 2. The fraction of sp³-hybridized carbons (Fsp3) is 0.263. The largest absolute Gasteiger partial charge is 0.481 e. The predicted molar refractivity (Wildman–Crippen MR) is 92.2 cm³/mol. The van der Waals surface area contributed by atoms with E-state index in [0.29, 0.717) is 23.4 Å². The fourth-order valence-electron chi connectivity index (χ4n) is 2.18. The number of para-hydroxylation sites is 2. The highest BCUT2D eigenvalue weighted by Gasteiger charge is 2.21. The lowest BCUT2D eigenvalue weighted by molar-refractivity contribution is -0.122. The van der Waals surface area contributed by atoms with Crippen molar-refractivity contribution in [3.63, 3.8) is 0 Å². The Balaban J connectivity index is 2.12. The molecule has 5 nitrogen and oxygen atoms in total. The van der Waals surface area contributed by atoms with E-state index < -0.39 is 12.1 Å². The van der Waals surface area contributed by atoms with E-state index in [1.165, 1.54) is 0 Å². The normalized spacial score (nSPS) is 11.4. The second-order valence-electron chi connectivity index (χ2n) is 5.08. The molecule has 0 saturated heterocycles. The first-order valence-corrected chi connectivity index (χ1v) is 7.94. The number of anilines is 1. The quantitative estimate of drug-likeness (QED) is 0.788. The molecule has 0 radical (unpaired) electrons. The number of nitrogens with one attached hydrogen (secondary N) is 1. The molecule has 2 rings (SSSR count). The zero-order chi connectivity index (χ0) is 17.4. The van der Waals surface area contributed by atoms with Crippen molar-refractivity contribution in [1.29, 1.82) is 0 Å². The molecule has 5 heteroatoms. The van der Waals surface area contributed by atoms with Gasteiger partial charge in [-0.15, -0.1) is 0 Å². The summed E-state index contributed by atoms with van der Waals surface area (Å²) in [5.74, 6) is -0.151. The molecule has 0 fully saturated rings. The van der Waals surface area contributed by atoms with Crippen LogP contribution in [0.2, 0.25) is 0 Å². The van der Waals surface area contributed by atoms with Gasteiger partial charge < -0.3 is 14.8 Å². The molecule has 2 aromatic rings. The maximum absolute atomic E-state index is 12.5. The van der Waals surface area contributed by atoms with Crippen LogP contribution in [-0.4, -0.2) is 24.6 Å². The second-order valence-corrected chi connectivity index (χ2v) is 5.08. The van der Waals surface area contributed by atoms with Crippen molar-refractivity contribution in [3.05, 3.63) is 60.2 Å². The van der Waals surface area contributed by atoms with Gasteiger partial charge in [-0.2, -0.15) is 0 Å². The number of amides is 1. The van der Waals surface area contributed by atoms with E-state index in [2.05, 4.69) is 5.32 Å². The molecule has 1 atom stereocenters. The molecule has 0 aliphatic heterocycles. The summed E-state index contributed by atoms with van der Waals surface area (Å²) in [7, 11) is 0. The number of hydrogen-bond acceptors (Lipinski definition) is 4. The Morgan fingerprint density at radius 2 is 1.67 bits per heavy atom. The first-order chi connectivity index (χ1) is 11.7. The minimum Gasteiger partial charge on any atom is -0.481 e. The number of hydrogen-bond donors (Lipinski definition) is 1. The van der Waals surface area contributed by atoms with Crippen molar-refractivity contribution in [1.82, 2.24) is 0 Å². The van der Waals surface area contributed by atoms with Crippen LogP contribution in [0.1, 0.15) is 30.6 Å². The van der Waals surface area contributed by atoms with Crippen LogP contribution >= 0.6 is 0 Å². The summed E-state index contributed by atoms with van der Waals surface area (Å²) in [5.41, 5.74) is 0.735. The summed E-state index contributed by atoms with van der Waals surface area (Å²) in [5, 5.41) is 2.76. The van der Waals surface area contributed by atoms with Gasteiger partial charge in [0.05, 0.1) is 17.9 Å². The third kappa shape index (κ3) is 4.59.